The lowest BCUT2D eigenvalue weighted by molar-refractivity contribution is -0.122. The van der Waals surface area contributed by atoms with Gasteiger partial charge in [-0.25, -0.2) is 4.98 Å². The summed E-state index contributed by atoms with van der Waals surface area (Å²) in [4.78, 5) is 16.4. The molecule has 0 aromatic carbocycles. The molecule has 0 bridgehead atoms. The zero-order valence-electron chi connectivity index (χ0n) is 11.1. The molecule has 1 saturated carbocycles. The topological polar surface area (TPSA) is 68.0 Å². The van der Waals surface area contributed by atoms with Gasteiger partial charge in [0.2, 0.25) is 5.91 Å². The van der Waals surface area contributed by atoms with Crippen molar-refractivity contribution in [3.8, 4) is 0 Å². The summed E-state index contributed by atoms with van der Waals surface area (Å²) in [6.45, 7) is 3.95. The van der Waals surface area contributed by atoms with Gasteiger partial charge in [-0.15, -0.1) is 0 Å². The van der Waals surface area contributed by atoms with Crippen molar-refractivity contribution in [2.24, 2.45) is 11.7 Å². The van der Waals surface area contributed by atoms with E-state index >= 15 is 0 Å². The van der Waals surface area contributed by atoms with Gasteiger partial charge in [-0.2, -0.15) is 0 Å². The molecular weight excluding hydrogens is 226 g/mol. The van der Waals surface area contributed by atoms with Crippen molar-refractivity contribution in [3.63, 3.8) is 0 Å². The summed E-state index contributed by atoms with van der Waals surface area (Å²) >= 11 is 0. The van der Waals surface area contributed by atoms with Crippen LogP contribution in [0.4, 0.5) is 5.82 Å². The smallest absolute Gasteiger partial charge is 0.230 e. The van der Waals surface area contributed by atoms with Crippen molar-refractivity contribution in [1.82, 2.24) is 4.98 Å². The van der Waals surface area contributed by atoms with Crippen molar-refractivity contribution in [2.45, 2.75) is 45.1 Å². The fourth-order valence-electron chi connectivity index (χ4n) is 2.61. The molecule has 0 spiro atoms. The number of nitrogens with one attached hydrogen (secondary N) is 1. The summed E-state index contributed by atoms with van der Waals surface area (Å²) in [5, 5.41) is 2.88. The molecule has 0 aliphatic heterocycles. The maximum absolute atomic E-state index is 12.3. The average molecular weight is 247 g/mol. The number of pyridine rings is 1. The second-order valence-electron chi connectivity index (χ2n) is 5.51. The van der Waals surface area contributed by atoms with Gasteiger partial charge in [0.25, 0.3) is 0 Å². The number of rotatable bonds is 2. The zero-order valence-corrected chi connectivity index (χ0v) is 11.1. The van der Waals surface area contributed by atoms with Crippen molar-refractivity contribution in [1.29, 1.82) is 0 Å². The van der Waals surface area contributed by atoms with Gasteiger partial charge >= 0.3 is 0 Å². The lowest BCUT2D eigenvalue weighted by Crippen LogP contribution is -2.51. The van der Waals surface area contributed by atoms with Gasteiger partial charge in [-0.1, -0.05) is 12.8 Å². The monoisotopic (exact) mass is 247 g/mol. The quantitative estimate of drug-likeness (QED) is 0.842. The number of hydrogen-bond acceptors (Lipinski definition) is 3. The highest BCUT2D eigenvalue weighted by Crippen LogP contribution is 2.32. The van der Waals surface area contributed by atoms with E-state index in [4.69, 9.17) is 5.73 Å². The fraction of sp³-hybridized carbons (Fsp3) is 0.571. The van der Waals surface area contributed by atoms with Crippen LogP contribution in [0.1, 0.15) is 38.2 Å². The van der Waals surface area contributed by atoms with Crippen molar-refractivity contribution >= 4 is 11.7 Å². The van der Waals surface area contributed by atoms with E-state index in [1.165, 1.54) is 0 Å². The van der Waals surface area contributed by atoms with Gasteiger partial charge < -0.3 is 11.1 Å². The average Bonchev–Trinajstić information content (AvgIpc) is 2.28. The molecule has 98 valence electrons. The van der Waals surface area contributed by atoms with E-state index in [9.17, 15) is 4.79 Å². The standard InChI is InChI=1S/C14H21N3O/c1-10-6-8-16-12(9-10)17-13(18)11-5-3-4-7-14(11,2)15/h6,8-9,11H,3-5,7,15H2,1-2H3,(H,16,17,18). The summed E-state index contributed by atoms with van der Waals surface area (Å²) in [5.74, 6) is 0.493. The number of anilines is 1. The molecule has 2 unspecified atom stereocenters. The van der Waals surface area contributed by atoms with Crippen LogP contribution in [-0.2, 0) is 4.79 Å². The van der Waals surface area contributed by atoms with E-state index in [0.717, 1.165) is 31.2 Å². The fourth-order valence-corrected chi connectivity index (χ4v) is 2.61. The number of nitrogens with two attached hydrogens (primary N) is 1. The Morgan fingerprint density at radius 3 is 3.00 bits per heavy atom. The van der Waals surface area contributed by atoms with Crippen LogP contribution in [0, 0.1) is 12.8 Å². The Kier molecular flexibility index (Phi) is 3.66. The SMILES string of the molecule is Cc1ccnc(NC(=O)C2CCCCC2(C)N)c1. The number of aromatic nitrogens is 1. The molecule has 1 aromatic rings. The zero-order chi connectivity index (χ0) is 13.2. The molecule has 3 N–H and O–H groups in total. The first-order valence-corrected chi connectivity index (χ1v) is 6.51. The lowest BCUT2D eigenvalue weighted by Gasteiger charge is -2.37. The Labute approximate surface area is 108 Å². The Morgan fingerprint density at radius 2 is 2.33 bits per heavy atom. The number of aryl methyl sites for hydroxylation is 1. The summed E-state index contributed by atoms with van der Waals surface area (Å²) < 4.78 is 0. The number of amides is 1. The van der Waals surface area contributed by atoms with E-state index in [-0.39, 0.29) is 11.8 Å². The summed E-state index contributed by atoms with van der Waals surface area (Å²) in [6, 6.07) is 3.78. The van der Waals surface area contributed by atoms with Gasteiger partial charge in [-0.05, 0) is 44.4 Å². The largest absolute Gasteiger partial charge is 0.325 e. The van der Waals surface area contributed by atoms with Gasteiger partial charge in [0.15, 0.2) is 0 Å². The van der Waals surface area contributed by atoms with Crippen LogP contribution < -0.4 is 11.1 Å². The predicted molar refractivity (Wildman–Crippen MR) is 72.2 cm³/mol. The van der Waals surface area contributed by atoms with Crippen LogP contribution in [0.5, 0.6) is 0 Å². The lowest BCUT2D eigenvalue weighted by atomic mass is 9.74. The molecule has 1 aromatic heterocycles. The van der Waals surface area contributed by atoms with E-state index in [2.05, 4.69) is 10.3 Å². The molecule has 2 atom stereocenters. The molecule has 1 fully saturated rings. The highest BCUT2D eigenvalue weighted by Gasteiger charge is 2.37. The third kappa shape index (κ3) is 2.88. The highest BCUT2D eigenvalue weighted by atomic mass is 16.2. The Balaban J connectivity index is 2.07. The minimum absolute atomic E-state index is 0.00204. The van der Waals surface area contributed by atoms with Crippen molar-refractivity contribution in [2.75, 3.05) is 5.32 Å². The van der Waals surface area contributed by atoms with E-state index in [1.54, 1.807) is 6.20 Å². The molecule has 18 heavy (non-hydrogen) atoms. The third-order valence-corrected chi connectivity index (χ3v) is 3.74. The molecule has 0 saturated heterocycles. The van der Waals surface area contributed by atoms with Crippen molar-refractivity contribution < 1.29 is 4.79 Å². The van der Waals surface area contributed by atoms with Crippen LogP contribution in [0.3, 0.4) is 0 Å². The van der Waals surface area contributed by atoms with Crippen LogP contribution in [-0.4, -0.2) is 16.4 Å². The predicted octanol–water partition coefficient (Wildman–Crippen LogP) is 2.24. The summed E-state index contributed by atoms with van der Waals surface area (Å²) in [6.07, 6.45) is 5.66. The van der Waals surface area contributed by atoms with Gasteiger partial charge in [0.05, 0.1) is 5.92 Å². The highest BCUT2D eigenvalue weighted by molar-refractivity contribution is 5.92. The molecule has 0 radical (unpaired) electrons. The minimum Gasteiger partial charge on any atom is -0.325 e. The minimum atomic E-state index is -0.397. The maximum Gasteiger partial charge on any atom is 0.230 e. The molecule has 1 heterocycles. The van der Waals surface area contributed by atoms with Crippen LogP contribution >= 0.6 is 0 Å². The Hall–Kier alpha value is -1.42. The first-order chi connectivity index (χ1) is 8.49. The second kappa shape index (κ2) is 5.06. The Bertz CT molecular complexity index is 442. The molecule has 1 aliphatic rings. The van der Waals surface area contributed by atoms with Gasteiger partial charge in [-0.3, -0.25) is 4.79 Å². The number of carbonyl (C=O) groups excluding carboxylic acids is 1. The molecule has 1 amide bonds. The molecular formula is C14H21N3O. The normalized spacial score (nSPS) is 27.8. The number of nitrogens with zero attached hydrogens (tertiary/aromatic N) is 1. The number of hydrogen-bond donors (Lipinski definition) is 2. The van der Waals surface area contributed by atoms with Gasteiger partial charge in [0.1, 0.15) is 5.82 Å². The first kappa shape index (κ1) is 13.0. The van der Waals surface area contributed by atoms with Crippen LogP contribution in [0.15, 0.2) is 18.3 Å². The molecule has 4 heteroatoms. The third-order valence-electron chi connectivity index (χ3n) is 3.74. The van der Waals surface area contributed by atoms with Crippen LogP contribution in [0.25, 0.3) is 0 Å². The van der Waals surface area contributed by atoms with Crippen molar-refractivity contribution in [3.05, 3.63) is 23.9 Å². The van der Waals surface area contributed by atoms with E-state index < -0.39 is 5.54 Å². The van der Waals surface area contributed by atoms with E-state index in [1.807, 2.05) is 26.0 Å². The molecule has 4 nitrogen and oxygen atoms in total. The summed E-state index contributed by atoms with van der Waals surface area (Å²) in [5.41, 5.74) is 6.91. The van der Waals surface area contributed by atoms with Crippen LogP contribution in [0.2, 0.25) is 0 Å². The molecule has 2 rings (SSSR count). The van der Waals surface area contributed by atoms with E-state index in [0.29, 0.717) is 5.82 Å². The first-order valence-electron chi connectivity index (χ1n) is 6.51. The van der Waals surface area contributed by atoms with Gasteiger partial charge in [0, 0.05) is 11.7 Å². The number of carbonyl (C=O) groups is 1. The maximum atomic E-state index is 12.3. The summed E-state index contributed by atoms with van der Waals surface area (Å²) in [7, 11) is 0. The second-order valence-corrected chi connectivity index (χ2v) is 5.51. The Morgan fingerprint density at radius 1 is 1.56 bits per heavy atom. The molecule has 1 aliphatic carbocycles.